The first-order valence-electron chi connectivity index (χ1n) is 12.5. The maximum Gasteiger partial charge on any atom is 0.185 e. The Morgan fingerprint density at radius 2 is 1.71 bits per heavy atom. The molecule has 0 unspecified atom stereocenters. The van der Waals surface area contributed by atoms with Crippen molar-refractivity contribution in [1.82, 2.24) is 9.80 Å². The Hall–Kier alpha value is -3.21. The normalized spacial score (nSPS) is 15.1. The first-order valence-corrected chi connectivity index (χ1v) is 12.5. The number of hydrogen-bond donors (Lipinski definition) is 0. The van der Waals surface area contributed by atoms with E-state index in [1.165, 1.54) is 16.7 Å². The number of ketones is 1. The number of likely N-dealkylation sites (N-methyl/N-ethyl adjacent to an activating group) is 1. The molecule has 0 N–H and O–H groups in total. The van der Waals surface area contributed by atoms with Crippen molar-refractivity contribution in [2.45, 2.75) is 19.9 Å². The molecule has 4 rings (SSSR count). The maximum absolute atomic E-state index is 13.5. The maximum atomic E-state index is 13.5. The number of nitrogens with zero attached hydrogens (tertiary/aromatic N) is 3. The molecule has 0 spiro atoms. The van der Waals surface area contributed by atoms with Gasteiger partial charge in [0.1, 0.15) is 0 Å². The summed E-state index contributed by atoms with van der Waals surface area (Å²) in [5, 5.41) is 0. The molecule has 1 aliphatic rings. The van der Waals surface area contributed by atoms with Crippen LogP contribution in [0.2, 0.25) is 0 Å². The van der Waals surface area contributed by atoms with E-state index in [4.69, 9.17) is 0 Å². The highest BCUT2D eigenvalue weighted by Gasteiger charge is 2.16. The Bertz CT molecular complexity index is 1200. The smallest absolute Gasteiger partial charge is 0.185 e. The molecule has 0 saturated carbocycles. The third-order valence-electron chi connectivity index (χ3n) is 6.70. The van der Waals surface area contributed by atoms with E-state index >= 15 is 0 Å². The predicted octanol–water partition coefficient (Wildman–Crippen LogP) is 5.76. The van der Waals surface area contributed by atoms with Crippen LogP contribution in [-0.4, -0.2) is 62.9 Å². The van der Waals surface area contributed by atoms with Crippen LogP contribution in [0.25, 0.3) is 17.2 Å². The van der Waals surface area contributed by atoms with E-state index in [1.54, 1.807) is 6.08 Å². The molecule has 0 amide bonds. The molecule has 0 radical (unpaired) electrons. The van der Waals surface area contributed by atoms with Gasteiger partial charge in [-0.3, -0.25) is 4.79 Å². The number of carbonyl (C=O) groups is 1. The molecule has 3 aromatic carbocycles. The number of aryl methyl sites for hydroxylation is 1. The van der Waals surface area contributed by atoms with Gasteiger partial charge in [-0.2, -0.15) is 0 Å². The van der Waals surface area contributed by atoms with Crippen molar-refractivity contribution in [3.8, 4) is 11.1 Å². The number of benzene rings is 3. The Kier molecular flexibility index (Phi) is 8.17. The molecule has 4 nitrogen and oxygen atoms in total. The molecule has 35 heavy (non-hydrogen) atoms. The zero-order chi connectivity index (χ0) is 24.8. The molecule has 1 saturated heterocycles. The van der Waals surface area contributed by atoms with Crippen LogP contribution in [0.15, 0.2) is 72.8 Å². The number of hydrogen-bond acceptors (Lipinski definition) is 4. The van der Waals surface area contributed by atoms with Gasteiger partial charge in [0.05, 0.1) is 0 Å². The van der Waals surface area contributed by atoms with Crippen LogP contribution in [0, 0.1) is 6.92 Å². The van der Waals surface area contributed by atoms with Crippen molar-refractivity contribution < 1.29 is 4.79 Å². The summed E-state index contributed by atoms with van der Waals surface area (Å²) < 4.78 is 0. The van der Waals surface area contributed by atoms with Crippen molar-refractivity contribution >= 4 is 17.5 Å². The summed E-state index contributed by atoms with van der Waals surface area (Å²) >= 11 is 0. The third-order valence-corrected chi connectivity index (χ3v) is 6.70. The number of rotatable bonds is 7. The Labute approximate surface area is 210 Å². The molecule has 1 fully saturated rings. The summed E-state index contributed by atoms with van der Waals surface area (Å²) in [4.78, 5) is 20.4. The van der Waals surface area contributed by atoms with Crippen LogP contribution in [0.5, 0.6) is 0 Å². The van der Waals surface area contributed by atoms with Crippen molar-refractivity contribution in [3.63, 3.8) is 0 Å². The van der Waals surface area contributed by atoms with Crippen molar-refractivity contribution in [2.75, 3.05) is 52.2 Å². The van der Waals surface area contributed by atoms with E-state index in [2.05, 4.69) is 97.4 Å². The van der Waals surface area contributed by atoms with Gasteiger partial charge in [0, 0.05) is 37.4 Å². The van der Waals surface area contributed by atoms with Gasteiger partial charge in [0.2, 0.25) is 0 Å². The second kappa shape index (κ2) is 11.5. The lowest BCUT2D eigenvalue weighted by molar-refractivity contribution is 0.104. The molecule has 4 heteroatoms. The fourth-order valence-electron chi connectivity index (χ4n) is 4.74. The van der Waals surface area contributed by atoms with Crippen molar-refractivity contribution in [1.29, 1.82) is 0 Å². The molecule has 1 aliphatic heterocycles. The summed E-state index contributed by atoms with van der Waals surface area (Å²) in [5.41, 5.74) is 7.65. The molecule has 0 atom stereocenters. The monoisotopic (exact) mass is 467 g/mol. The standard InChI is InChI=1S/C31H37N3O/c1-24-10-5-8-13-30(24)27-20-28(22-29(21-27)34-17-9-16-33(4)18-19-34)31(35)15-14-25-11-6-7-12-26(25)23-32(2)3/h5-8,10-15,20-22H,9,16-19,23H2,1-4H3. The van der Waals surface area contributed by atoms with Gasteiger partial charge >= 0.3 is 0 Å². The van der Waals surface area contributed by atoms with E-state index < -0.39 is 0 Å². The summed E-state index contributed by atoms with van der Waals surface area (Å²) in [7, 11) is 6.30. The van der Waals surface area contributed by atoms with Crippen LogP contribution in [0.3, 0.4) is 0 Å². The first-order chi connectivity index (χ1) is 16.9. The van der Waals surface area contributed by atoms with Crippen LogP contribution in [-0.2, 0) is 6.54 Å². The molecule has 182 valence electrons. The molecule has 0 bridgehead atoms. The second-order valence-electron chi connectivity index (χ2n) is 9.86. The van der Waals surface area contributed by atoms with Gasteiger partial charge in [-0.25, -0.2) is 0 Å². The Morgan fingerprint density at radius 3 is 2.51 bits per heavy atom. The van der Waals surface area contributed by atoms with Gasteiger partial charge in [0.15, 0.2) is 5.78 Å². The van der Waals surface area contributed by atoms with Crippen molar-refractivity contribution in [3.05, 3.63) is 95.1 Å². The highest BCUT2D eigenvalue weighted by molar-refractivity contribution is 6.08. The number of anilines is 1. The largest absolute Gasteiger partial charge is 0.370 e. The fraction of sp³-hybridized carbons (Fsp3) is 0.323. The predicted molar refractivity (Wildman–Crippen MR) is 148 cm³/mol. The number of allylic oxidation sites excluding steroid dienone is 1. The zero-order valence-corrected chi connectivity index (χ0v) is 21.5. The highest BCUT2D eigenvalue weighted by Crippen LogP contribution is 2.30. The van der Waals surface area contributed by atoms with Crippen molar-refractivity contribution in [2.24, 2.45) is 0 Å². The van der Waals surface area contributed by atoms with Gasteiger partial charge in [0.25, 0.3) is 0 Å². The van der Waals surface area contributed by atoms with Crippen LogP contribution in [0.1, 0.15) is 33.5 Å². The van der Waals surface area contributed by atoms with Crippen LogP contribution < -0.4 is 4.90 Å². The summed E-state index contributed by atoms with van der Waals surface area (Å²) in [5.74, 6) is 0.0354. The third kappa shape index (κ3) is 6.47. The minimum absolute atomic E-state index is 0.0354. The van der Waals surface area contributed by atoms with E-state index in [0.717, 1.165) is 61.5 Å². The van der Waals surface area contributed by atoms with Gasteiger partial charge < -0.3 is 14.7 Å². The minimum Gasteiger partial charge on any atom is -0.370 e. The average molecular weight is 468 g/mol. The number of carbonyl (C=O) groups excluding carboxylic acids is 1. The molecule has 0 aromatic heterocycles. The van der Waals surface area contributed by atoms with E-state index in [9.17, 15) is 4.79 Å². The topological polar surface area (TPSA) is 26.8 Å². The molecule has 0 aliphatic carbocycles. The zero-order valence-electron chi connectivity index (χ0n) is 21.5. The highest BCUT2D eigenvalue weighted by atomic mass is 16.1. The Balaban J connectivity index is 1.69. The van der Waals surface area contributed by atoms with Gasteiger partial charge in [-0.05, 0) is 93.1 Å². The van der Waals surface area contributed by atoms with Crippen LogP contribution in [0.4, 0.5) is 5.69 Å². The molecular formula is C31H37N3O. The SMILES string of the molecule is Cc1ccccc1-c1cc(C(=O)C=Cc2ccccc2CN(C)C)cc(N2CCCN(C)CC2)c1. The van der Waals surface area contributed by atoms with Gasteiger partial charge in [-0.1, -0.05) is 54.6 Å². The van der Waals surface area contributed by atoms with Crippen LogP contribution >= 0.6 is 0 Å². The lowest BCUT2D eigenvalue weighted by Gasteiger charge is -2.24. The van der Waals surface area contributed by atoms with E-state index in [0.29, 0.717) is 0 Å². The lowest BCUT2D eigenvalue weighted by atomic mass is 9.96. The summed E-state index contributed by atoms with van der Waals surface area (Å²) in [6.45, 7) is 7.07. The molecule has 1 heterocycles. The average Bonchev–Trinajstić information content (AvgIpc) is 3.07. The Morgan fingerprint density at radius 1 is 0.943 bits per heavy atom. The molecule has 3 aromatic rings. The van der Waals surface area contributed by atoms with E-state index in [1.807, 2.05) is 18.2 Å². The van der Waals surface area contributed by atoms with E-state index in [-0.39, 0.29) is 5.78 Å². The fourth-order valence-corrected chi connectivity index (χ4v) is 4.74. The molecular weight excluding hydrogens is 430 g/mol. The quantitative estimate of drug-likeness (QED) is 0.326. The minimum atomic E-state index is 0.0354. The first kappa shape index (κ1) is 24.9. The van der Waals surface area contributed by atoms with Gasteiger partial charge in [-0.15, -0.1) is 0 Å². The summed E-state index contributed by atoms with van der Waals surface area (Å²) in [6.07, 6.45) is 4.81. The lowest BCUT2D eigenvalue weighted by Crippen LogP contribution is -2.28. The summed E-state index contributed by atoms with van der Waals surface area (Å²) in [6, 6.07) is 23.1. The second-order valence-corrected chi connectivity index (χ2v) is 9.86.